The molecule has 0 saturated heterocycles. The molecule has 3 aromatic heterocycles. The first-order valence-electron chi connectivity index (χ1n) is 21.0. The van der Waals surface area contributed by atoms with Crippen LogP contribution in [-0.2, 0) is 0 Å². The van der Waals surface area contributed by atoms with Crippen LogP contribution in [0.25, 0.3) is 115 Å². The summed E-state index contributed by atoms with van der Waals surface area (Å²) in [6, 6.07) is 80.6. The molecule has 3 nitrogen and oxygen atoms in total. The van der Waals surface area contributed by atoms with Gasteiger partial charge >= 0.3 is 0 Å². The van der Waals surface area contributed by atoms with Gasteiger partial charge in [-0.1, -0.05) is 194 Å². The predicted molar refractivity (Wildman–Crippen MR) is 262 cm³/mol. The molecule has 12 rings (SSSR count). The van der Waals surface area contributed by atoms with Crippen molar-refractivity contribution in [3.05, 3.63) is 224 Å². The summed E-state index contributed by atoms with van der Waals surface area (Å²) in [6.45, 7) is 0. The Morgan fingerprint density at radius 1 is 0.339 bits per heavy atom. The zero-order valence-corrected chi connectivity index (χ0v) is 34.4. The molecule has 0 saturated carbocycles. The number of thiophene rings is 1. The molecule has 0 fully saturated rings. The van der Waals surface area contributed by atoms with E-state index in [9.17, 15) is 0 Å². The number of benzene rings is 9. The van der Waals surface area contributed by atoms with E-state index in [4.69, 9.17) is 9.97 Å². The van der Waals surface area contributed by atoms with Crippen LogP contribution in [0.15, 0.2) is 224 Å². The predicted octanol–water partition coefficient (Wildman–Crippen LogP) is 15.9. The maximum Gasteiger partial charge on any atom is 0.161 e. The number of hydrogen-bond donors (Lipinski definition) is 0. The molecule has 0 aliphatic rings. The van der Waals surface area contributed by atoms with Crippen LogP contribution in [0.5, 0.6) is 0 Å². The van der Waals surface area contributed by atoms with Crippen molar-refractivity contribution in [2.45, 2.75) is 0 Å². The number of fused-ring (bicyclic) bond motifs is 6. The third-order valence-corrected chi connectivity index (χ3v) is 13.1. The fraction of sp³-hybridized carbons (Fsp3) is 0. The van der Waals surface area contributed by atoms with Crippen molar-refractivity contribution in [3.8, 4) is 72.8 Å². The SMILES string of the molecule is c1ccc(-c2nc(-c3cccc(-n4c5cc(-c6ccccc6-c6ccccc6)ccc5c5ccc(-c6ccccc6-c6ccccc6)cc54)c3)c3c(n2)sc2ccccc23)cc1. The largest absolute Gasteiger partial charge is 0.309 e. The van der Waals surface area contributed by atoms with E-state index >= 15 is 0 Å². The van der Waals surface area contributed by atoms with Gasteiger partial charge in [0, 0.05) is 43.1 Å². The van der Waals surface area contributed by atoms with Gasteiger partial charge in [0.05, 0.1) is 16.7 Å². The van der Waals surface area contributed by atoms with Gasteiger partial charge < -0.3 is 4.57 Å². The summed E-state index contributed by atoms with van der Waals surface area (Å²) >= 11 is 1.73. The molecule has 0 bridgehead atoms. The van der Waals surface area contributed by atoms with Crippen molar-refractivity contribution in [2.75, 3.05) is 0 Å². The monoisotopic (exact) mass is 807 g/mol. The summed E-state index contributed by atoms with van der Waals surface area (Å²) in [7, 11) is 0. The molecule has 62 heavy (non-hydrogen) atoms. The van der Waals surface area contributed by atoms with Gasteiger partial charge in [0.2, 0.25) is 0 Å². The highest BCUT2D eigenvalue weighted by molar-refractivity contribution is 7.25. The van der Waals surface area contributed by atoms with Crippen molar-refractivity contribution in [1.29, 1.82) is 0 Å². The van der Waals surface area contributed by atoms with E-state index in [0.29, 0.717) is 0 Å². The second kappa shape index (κ2) is 15.0. The molecular formula is C58H37N3S. The number of hydrogen-bond acceptors (Lipinski definition) is 3. The number of rotatable bonds is 7. The second-order valence-corrected chi connectivity index (χ2v) is 16.7. The highest BCUT2D eigenvalue weighted by Crippen LogP contribution is 2.43. The topological polar surface area (TPSA) is 30.7 Å². The fourth-order valence-electron chi connectivity index (χ4n) is 9.18. The first-order valence-corrected chi connectivity index (χ1v) is 21.8. The minimum atomic E-state index is 0.727. The Kier molecular flexibility index (Phi) is 8.68. The van der Waals surface area contributed by atoms with Gasteiger partial charge in [-0.05, 0) is 74.8 Å². The molecule has 0 aliphatic carbocycles. The molecule has 12 aromatic rings. The van der Waals surface area contributed by atoms with E-state index in [0.717, 1.165) is 49.6 Å². The van der Waals surface area contributed by atoms with Crippen LogP contribution >= 0.6 is 11.3 Å². The smallest absolute Gasteiger partial charge is 0.161 e. The summed E-state index contributed by atoms with van der Waals surface area (Å²) < 4.78 is 3.66. The molecule has 0 aliphatic heterocycles. The lowest BCUT2D eigenvalue weighted by Gasteiger charge is -2.14. The molecule has 0 atom stereocenters. The highest BCUT2D eigenvalue weighted by atomic mass is 32.1. The van der Waals surface area contributed by atoms with Crippen LogP contribution in [0.4, 0.5) is 0 Å². The lowest BCUT2D eigenvalue weighted by Crippen LogP contribution is -1.97. The summed E-state index contributed by atoms with van der Waals surface area (Å²) in [5, 5.41) is 4.67. The molecule has 4 heteroatoms. The molecule has 9 aromatic carbocycles. The number of aromatic nitrogens is 3. The summed E-state index contributed by atoms with van der Waals surface area (Å²) in [5.41, 5.74) is 15.9. The lowest BCUT2D eigenvalue weighted by atomic mass is 9.93. The first-order chi connectivity index (χ1) is 30.7. The molecule has 0 radical (unpaired) electrons. The van der Waals surface area contributed by atoms with Crippen molar-refractivity contribution >= 4 is 53.4 Å². The minimum Gasteiger partial charge on any atom is -0.309 e. The summed E-state index contributed by atoms with van der Waals surface area (Å²) in [4.78, 5) is 11.5. The van der Waals surface area contributed by atoms with E-state index in [1.807, 2.05) is 6.07 Å². The standard InChI is InChI=1S/C58H37N3S/c1-4-17-38(18-5-1)45-25-10-12-27-47(45)41-31-33-49-50-34-32-42(48-28-13-11-26-46(48)39-19-6-2-7-20-39)37-53(50)61(52(49)36-41)44-24-16-23-43(35-44)56-55-51-29-14-15-30-54(51)62-58(55)60-57(59-56)40-21-8-3-9-22-40/h1-37H. The van der Waals surface area contributed by atoms with Crippen molar-refractivity contribution in [3.63, 3.8) is 0 Å². The van der Waals surface area contributed by atoms with Gasteiger partial charge in [-0.25, -0.2) is 9.97 Å². The first kappa shape index (κ1) is 36.0. The van der Waals surface area contributed by atoms with Crippen molar-refractivity contribution in [1.82, 2.24) is 14.5 Å². The van der Waals surface area contributed by atoms with Gasteiger partial charge in [0.25, 0.3) is 0 Å². The molecular weight excluding hydrogens is 771 g/mol. The van der Waals surface area contributed by atoms with Crippen LogP contribution < -0.4 is 0 Å². The summed E-state index contributed by atoms with van der Waals surface area (Å²) in [5.74, 6) is 0.727. The Bertz CT molecular complexity index is 3480. The van der Waals surface area contributed by atoms with Gasteiger partial charge in [-0.3, -0.25) is 0 Å². The molecule has 290 valence electrons. The van der Waals surface area contributed by atoms with Crippen LogP contribution in [-0.4, -0.2) is 14.5 Å². The van der Waals surface area contributed by atoms with Crippen molar-refractivity contribution in [2.24, 2.45) is 0 Å². The van der Waals surface area contributed by atoms with E-state index in [1.165, 1.54) is 65.4 Å². The average Bonchev–Trinajstić information content (AvgIpc) is 3.89. The Morgan fingerprint density at radius 3 is 1.40 bits per heavy atom. The second-order valence-electron chi connectivity index (χ2n) is 15.7. The fourth-order valence-corrected chi connectivity index (χ4v) is 10.3. The van der Waals surface area contributed by atoms with Crippen LogP contribution in [0.3, 0.4) is 0 Å². The normalized spacial score (nSPS) is 11.5. The summed E-state index contributed by atoms with van der Waals surface area (Å²) in [6.07, 6.45) is 0. The van der Waals surface area contributed by atoms with Gasteiger partial charge in [-0.2, -0.15) is 0 Å². The maximum absolute atomic E-state index is 5.38. The molecule has 0 spiro atoms. The van der Waals surface area contributed by atoms with Crippen LogP contribution in [0, 0.1) is 0 Å². The molecule has 0 unspecified atom stereocenters. The van der Waals surface area contributed by atoms with E-state index in [2.05, 4.69) is 223 Å². The van der Waals surface area contributed by atoms with E-state index in [1.54, 1.807) is 11.3 Å². The quantitative estimate of drug-likeness (QED) is 0.161. The highest BCUT2D eigenvalue weighted by Gasteiger charge is 2.20. The Labute approximate surface area is 363 Å². The lowest BCUT2D eigenvalue weighted by molar-refractivity contribution is 1.18. The zero-order chi connectivity index (χ0) is 41.0. The average molecular weight is 808 g/mol. The van der Waals surface area contributed by atoms with Crippen LogP contribution in [0.2, 0.25) is 0 Å². The van der Waals surface area contributed by atoms with Gasteiger partial charge in [-0.15, -0.1) is 11.3 Å². The maximum atomic E-state index is 5.38. The van der Waals surface area contributed by atoms with E-state index in [-0.39, 0.29) is 0 Å². The van der Waals surface area contributed by atoms with E-state index < -0.39 is 0 Å². The van der Waals surface area contributed by atoms with Gasteiger partial charge in [0.1, 0.15) is 4.83 Å². The zero-order valence-electron chi connectivity index (χ0n) is 33.6. The number of nitrogens with zero attached hydrogens (tertiary/aromatic N) is 3. The molecule has 0 amide bonds. The van der Waals surface area contributed by atoms with Crippen LogP contribution in [0.1, 0.15) is 0 Å². The van der Waals surface area contributed by atoms with Gasteiger partial charge in [0.15, 0.2) is 5.82 Å². The molecule has 3 heterocycles. The Balaban J connectivity index is 1.12. The Hall–Kier alpha value is -7.92. The minimum absolute atomic E-state index is 0.727. The third-order valence-electron chi connectivity index (χ3n) is 12.1. The van der Waals surface area contributed by atoms with Crippen molar-refractivity contribution < 1.29 is 0 Å². The third kappa shape index (κ3) is 6.11. The molecule has 0 N–H and O–H groups in total. The Morgan fingerprint density at radius 2 is 0.823 bits per heavy atom.